The Labute approximate surface area is 131 Å². The van der Waals surface area contributed by atoms with Gasteiger partial charge in [0.1, 0.15) is 5.84 Å². The zero-order chi connectivity index (χ0) is 16.3. The van der Waals surface area contributed by atoms with Crippen LogP contribution in [-0.2, 0) is 9.84 Å². The zero-order valence-corrected chi connectivity index (χ0v) is 13.6. The van der Waals surface area contributed by atoms with E-state index in [2.05, 4.69) is 4.99 Å². The second-order valence-corrected chi connectivity index (χ2v) is 7.22. The summed E-state index contributed by atoms with van der Waals surface area (Å²) in [5.74, 6) is 0.386. The highest BCUT2D eigenvalue weighted by Gasteiger charge is 2.06. The summed E-state index contributed by atoms with van der Waals surface area (Å²) in [5.41, 5.74) is 8.50. The molecule has 116 valence electrons. The van der Waals surface area contributed by atoms with Crippen molar-refractivity contribution in [2.45, 2.75) is 4.90 Å². The van der Waals surface area contributed by atoms with Crippen molar-refractivity contribution >= 4 is 27.0 Å². The van der Waals surface area contributed by atoms with Crippen molar-refractivity contribution in [1.29, 1.82) is 0 Å². The van der Waals surface area contributed by atoms with Crippen molar-refractivity contribution in [2.24, 2.45) is 10.7 Å². The van der Waals surface area contributed by atoms with E-state index in [4.69, 9.17) is 5.73 Å². The number of aliphatic imine (C=N–C) groups is 1. The Morgan fingerprint density at radius 2 is 1.55 bits per heavy atom. The molecule has 0 aliphatic heterocycles. The molecule has 2 aromatic rings. The molecule has 0 amide bonds. The van der Waals surface area contributed by atoms with E-state index in [1.165, 1.54) is 18.4 Å². The fourth-order valence-electron chi connectivity index (χ4n) is 1.90. The molecule has 0 aliphatic rings. The Morgan fingerprint density at radius 1 is 1.00 bits per heavy atom. The minimum atomic E-state index is -3.20. The minimum absolute atomic E-state index is 0.264. The third-order valence-electron chi connectivity index (χ3n) is 3.19. The van der Waals surface area contributed by atoms with Gasteiger partial charge in [-0.25, -0.2) is 13.4 Å². The lowest BCUT2D eigenvalue weighted by atomic mass is 10.2. The normalized spacial score (nSPS) is 12.2. The van der Waals surface area contributed by atoms with Gasteiger partial charge in [0.25, 0.3) is 0 Å². The second kappa shape index (κ2) is 6.19. The highest BCUT2D eigenvalue weighted by Crippen LogP contribution is 2.18. The first-order valence-electron chi connectivity index (χ1n) is 6.69. The molecule has 0 unspecified atom stereocenters. The van der Waals surface area contributed by atoms with Gasteiger partial charge in [0.05, 0.1) is 10.6 Å². The number of nitrogens with zero attached hydrogens (tertiary/aromatic N) is 2. The molecule has 0 aromatic heterocycles. The Balaban J connectivity index is 2.25. The third-order valence-corrected chi connectivity index (χ3v) is 4.32. The van der Waals surface area contributed by atoms with Gasteiger partial charge < -0.3 is 10.6 Å². The van der Waals surface area contributed by atoms with Gasteiger partial charge in [-0.1, -0.05) is 0 Å². The number of amidine groups is 1. The summed E-state index contributed by atoms with van der Waals surface area (Å²) >= 11 is 0. The molecule has 0 spiro atoms. The Morgan fingerprint density at radius 3 is 2.00 bits per heavy atom. The van der Waals surface area contributed by atoms with Gasteiger partial charge in [-0.15, -0.1) is 0 Å². The first-order valence-corrected chi connectivity index (χ1v) is 8.58. The third kappa shape index (κ3) is 3.85. The van der Waals surface area contributed by atoms with Crippen LogP contribution in [0, 0.1) is 0 Å². The molecule has 6 heteroatoms. The number of benzene rings is 2. The highest BCUT2D eigenvalue weighted by atomic mass is 32.2. The molecule has 0 saturated heterocycles. The summed E-state index contributed by atoms with van der Waals surface area (Å²) in [4.78, 5) is 6.58. The van der Waals surface area contributed by atoms with Crippen LogP contribution in [-0.4, -0.2) is 34.6 Å². The van der Waals surface area contributed by atoms with Gasteiger partial charge in [-0.2, -0.15) is 0 Å². The molecule has 2 rings (SSSR count). The summed E-state index contributed by atoms with van der Waals surface area (Å²) in [6.45, 7) is 0. The van der Waals surface area contributed by atoms with Crippen LogP contribution in [0.25, 0.3) is 0 Å². The average Bonchev–Trinajstić information content (AvgIpc) is 2.47. The molecule has 0 fully saturated rings. The zero-order valence-electron chi connectivity index (χ0n) is 12.8. The standard InChI is InChI=1S/C16H19N3O2S/c1-19(2)14-8-4-12(5-9-14)16(17)18-13-6-10-15(11-7-13)22(3,20)21/h4-11H,1-3H3,(H2,17,18). The lowest BCUT2D eigenvalue weighted by molar-refractivity contribution is 0.602. The van der Waals surface area contributed by atoms with E-state index in [1.54, 1.807) is 12.1 Å². The van der Waals surface area contributed by atoms with Crippen LogP contribution in [0.1, 0.15) is 5.56 Å². The van der Waals surface area contributed by atoms with Crippen molar-refractivity contribution in [3.8, 4) is 0 Å². The maximum absolute atomic E-state index is 11.4. The second-order valence-electron chi connectivity index (χ2n) is 5.20. The van der Waals surface area contributed by atoms with Crippen LogP contribution in [0.5, 0.6) is 0 Å². The fraction of sp³-hybridized carbons (Fsp3) is 0.188. The van der Waals surface area contributed by atoms with Crippen LogP contribution in [0.15, 0.2) is 58.4 Å². The highest BCUT2D eigenvalue weighted by molar-refractivity contribution is 7.90. The summed E-state index contributed by atoms with van der Waals surface area (Å²) in [6.07, 6.45) is 1.17. The SMILES string of the molecule is CN(C)c1ccc(C(N)=Nc2ccc(S(C)(=O)=O)cc2)cc1. The molecular formula is C16H19N3O2S. The summed E-state index contributed by atoms with van der Waals surface area (Å²) < 4.78 is 22.8. The minimum Gasteiger partial charge on any atom is -0.383 e. The van der Waals surface area contributed by atoms with Crippen molar-refractivity contribution in [3.63, 3.8) is 0 Å². The van der Waals surface area contributed by atoms with Crippen molar-refractivity contribution < 1.29 is 8.42 Å². The molecule has 0 saturated carbocycles. The number of nitrogens with two attached hydrogens (primary N) is 1. The fourth-order valence-corrected chi connectivity index (χ4v) is 2.53. The van der Waals surface area contributed by atoms with E-state index in [0.717, 1.165) is 11.3 Å². The Bertz CT molecular complexity index is 777. The number of anilines is 1. The molecule has 22 heavy (non-hydrogen) atoms. The predicted molar refractivity (Wildman–Crippen MR) is 90.7 cm³/mol. The summed E-state index contributed by atoms with van der Waals surface area (Å²) in [7, 11) is 0.739. The van der Waals surface area contributed by atoms with E-state index in [-0.39, 0.29) is 4.90 Å². The molecular weight excluding hydrogens is 298 g/mol. The van der Waals surface area contributed by atoms with Gasteiger partial charge in [0.2, 0.25) is 0 Å². The lowest BCUT2D eigenvalue weighted by Gasteiger charge is -2.12. The van der Waals surface area contributed by atoms with Gasteiger partial charge in [-0.3, -0.25) is 0 Å². The summed E-state index contributed by atoms with van der Waals surface area (Å²) in [6, 6.07) is 14.1. The van der Waals surface area contributed by atoms with E-state index in [9.17, 15) is 8.42 Å². The molecule has 0 radical (unpaired) electrons. The molecule has 2 N–H and O–H groups in total. The Hall–Kier alpha value is -2.34. The number of hydrogen-bond acceptors (Lipinski definition) is 4. The van der Waals surface area contributed by atoms with Gasteiger partial charge >= 0.3 is 0 Å². The monoisotopic (exact) mass is 317 g/mol. The molecule has 0 bridgehead atoms. The first-order chi connectivity index (χ1) is 10.3. The predicted octanol–water partition coefficient (Wildman–Crippen LogP) is 2.19. The van der Waals surface area contributed by atoms with Gasteiger partial charge in [0, 0.05) is 31.6 Å². The van der Waals surface area contributed by atoms with Gasteiger partial charge in [-0.05, 0) is 48.5 Å². The van der Waals surface area contributed by atoms with E-state index >= 15 is 0 Å². The quantitative estimate of drug-likeness (QED) is 0.693. The molecule has 2 aromatic carbocycles. The number of rotatable bonds is 4. The Kier molecular flexibility index (Phi) is 4.51. The lowest BCUT2D eigenvalue weighted by Crippen LogP contribution is -2.13. The van der Waals surface area contributed by atoms with Crippen LogP contribution >= 0.6 is 0 Å². The van der Waals surface area contributed by atoms with Crippen molar-refractivity contribution in [3.05, 3.63) is 54.1 Å². The number of hydrogen-bond donors (Lipinski definition) is 1. The molecule has 0 heterocycles. The average molecular weight is 317 g/mol. The first kappa shape index (κ1) is 16.0. The van der Waals surface area contributed by atoms with Crippen LogP contribution in [0.3, 0.4) is 0 Å². The molecule has 0 aliphatic carbocycles. The van der Waals surface area contributed by atoms with Crippen LogP contribution < -0.4 is 10.6 Å². The van der Waals surface area contributed by atoms with E-state index in [1.807, 2.05) is 43.3 Å². The maximum atomic E-state index is 11.4. The maximum Gasteiger partial charge on any atom is 0.175 e. The topological polar surface area (TPSA) is 75.8 Å². The van der Waals surface area contributed by atoms with Crippen molar-refractivity contribution in [1.82, 2.24) is 0 Å². The van der Waals surface area contributed by atoms with Crippen LogP contribution in [0.2, 0.25) is 0 Å². The van der Waals surface area contributed by atoms with Gasteiger partial charge in [0.15, 0.2) is 9.84 Å². The molecule has 5 nitrogen and oxygen atoms in total. The van der Waals surface area contributed by atoms with Crippen LogP contribution in [0.4, 0.5) is 11.4 Å². The number of sulfone groups is 1. The summed E-state index contributed by atoms with van der Waals surface area (Å²) in [5, 5.41) is 0. The smallest absolute Gasteiger partial charge is 0.175 e. The molecule has 0 atom stereocenters. The van der Waals surface area contributed by atoms with E-state index < -0.39 is 9.84 Å². The largest absolute Gasteiger partial charge is 0.383 e. The van der Waals surface area contributed by atoms with Crippen molar-refractivity contribution in [2.75, 3.05) is 25.3 Å². The van der Waals surface area contributed by atoms with E-state index in [0.29, 0.717) is 11.5 Å².